The molecule has 0 aromatic rings. The molecule has 0 fully saturated rings. The fourth-order valence-corrected chi connectivity index (χ4v) is 0.575. The summed E-state index contributed by atoms with van der Waals surface area (Å²) in [6.45, 7) is 8.57. The number of rotatable bonds is 5. The lowest BCUT2D eigenvalue weighted by Gasteiger charge is -2.11. The summed E-state index contributed by atoms with van der Waals surface area (Å²) in [5.74, 6) is 0.782. The van der Waals surface area contributed by atoms with Crippen LogP contribution in [0.15, 0.2) is 25.0 Å². The third-order valence-corrected chi connectivity index (χ3v) is 0.898. The summed E-state index contributed by atoms with van der Waals surface area (Å²) in [6.07, 6.45) is 1.71. The van der Waals surface area contributed by atoms with Gasteiger partial charge in [-0.25, -0.2) is 0 Å². The van der Waals surface area contributed by atoms with E-state index in [-0.39, 0.29) is 0 Å². The van der Waals surface area contributed by atoms with Gasteiger partial charge in [0.2, 0.25) is 0 Å². The Hall–Kier alpha value is -0.760. The van der Waals surface area contributed by atoms with Crippen LogP contribution in [-0.2, 0) is 4.74 Å². The third-order valence-electron chi connectivity index (χ3n) is 0.898. The minimum atomic E-state index is 0.548. The van der Waals surface area contributed by atoms with Crippen LogP contribution in [0.25, 0.3) is 0 Å². The lowest BCUT2D eigenvalue weighted by atomic mass is 10.5. The van der Waals surface area contributed by atoms with E-state index in [2.05, 4.69) is 13.2 Å². The highest BCUT2D eigenvalue weighted by molar-refractivity contribution is 4.86. The van der Waals surface area contributed by atoms with Crippen molar-refractivity contribution in [2.75, 3.05) is 27.2 Å². The van der Waals surface area contributed by atoms with Gasteiger partial charge >= 0.3 is 0 Å². The van der Waals surface area contributed by atoms with Crippen LogP contribution in [0.3, 0.4) is 0 Å². The van der Waals surface area contributed by atoms with Crippen molar-refractivity contribution in [1.82, 2.24) is 4.90 Å². The molecule has 58 valence electrons. The third kappa shape index (κ3) is 5.38. The molecule has 0 aliphatic heterocycles. The quantitative estimate of drug-likeness (QED) is 0.422. The van der Waals surface area contributed by atoms with E-state index in [9.17, 15) is 0 Å². The summed E-state index contributed by atoms with van der Waals surface area (Å²) in [6, 6.07) is 0. The lowest BCUT2D eigenvalue weighted by Crippen LogP contribution is -2.15. The average Bonchev–Trinajstić information content (AvgIpc) is 1.82. The van der Waals surface area contributed by atoms with Crippen LogP contribution in [0.5, 0.6) is 0 Å². The summed E-state index contributed by atoms with van der Waals surface area (Å²) >= 11 is 0. The summed E-state index contributed by atoms with van der Waals surface area (Å²) in [5, 5.41) is 0. The van der Waals surface area contributed by atoms with Crippen LogP contribution in [0.1, 0.15) is 0 Å². The summed E-state index contributed by atoms with van der Waals surface area (Å²) < 4.78 is 5.15. The van der Waals surface area contributed by atoms with Gasteiger partial charge in [0.25, 0.3) is 0 Å². The van der Waals surface area contributed by atoms with Gasteiger partial charge < -0.3 is 9.64 Å². The Kier molecular flexibility index (Phi) is 4.67. The summed E-state index contributed by atoms with van der Waals surface area (Å²) in [4.78, 5) is 2.01. The summed E-state index contributed by atoms with van der Waals surface area (Å²) in [7, 11) is 3.95. The van der Waals surface area contributed by atoms with Crippen molar-refractivity contribution in [3.63, 3.8) is 0 Å². The van der Waals surface area contributed by atoms with Crippen molar-refractivity contribution in [1.29, 1.82) is 0 Å². The first-order valence-electron chi connectivity index (χ1n) is 3.23. The van der Waals surface area contributed by atoms with Crippen molar-refractivity contribution in [3.8, 4) is 0 Å². The van der Waals surface area contributed by atoms with Crippen molar-refractivity contribution >= 4 is 0 Å². The molecule has 0 aromatic heterocycles. The lowest BCUT2D eigenvalue weighted by molar-refractivity contribution is 0.218. The van der Waals surface area contributed by atoms with E-state index in [0.717, 1.165) is 12.3 Å². The molecule has 0 aromatic carbocycles. The van der Waals surface area contributed by atoms with Crippen molar-refractivity contribution in [2.24, 2.45) is 0 Å². The largest absolute Gasteiger partial charge is 0.493 e. The maximum atomic E-state index is 5.15. The van der Waals surface area contributed by atoms with E-state index < -0.39 is 0 Å². The molecule has 10 heavy (non-hydrogen) atoms. The van der Waals surface area contributed by atoms with Gasteiger partial charge in [0.05, 0.1) is 6.54 Å². The standard InChI is InChI=1S/C8H15NO/c1-5-6-10-8(2)7-9(3)4/h5H,1-2,6-7H2,3-4H3. The molecule has 0 bridgehead atoms. The molecule has 0 aliphatic carbocycles. The molecule has 0 amide bonds. The van der Waals surface area contributed by atoms with E-state index in [1.807, 2.05) is 19.0 Å². The zero-order chi connectivity index (χ0) is 7.98. The molecule has 0 saturated carbocycles. The molecule has 0 aliphatic rings. The Morgan fingerprint density at radius 3 is 2.60 bits per heavy atom. The number of hydrogen-bond donors (Lipinski definition) is 0. The molecule has 0 spiro atoms. The molecule has 2 nitrogen and oxygen atoms in total. The zero-order valence-electron chi connectivity index (χ0n) is 6.76. The fraction of sp³-hybridized carbons (Fsp3) is 0.500. The smallest absolute Gasteiger partial charge is 0.106 e. The van der Waals surface area contributed by atoms with Gasteiger partial charge in [-0.15, -0.1) is 0 Å². The van der Waals surface area contributed by atoms with Crippen LogP contribution in [-0.4, -0.2) is 32.1 Å². The second-order valence-corrected chi connectivity index (χ2v) is 2.38. The molecule has 0 rings (SSSR count). The van der Waals surface area contributed by atoms with Gasteiger partial charge in [0.15, 0.2) is 0 Å². The minimum Gasteiger partial charge on any atom is -0.493 e. The molecule has 0 radical (unpaired) electrons. The Morgan fingerprint density at radius 1 is 1.60 bits per heavy atom. The van der Waals surface area contributed by atoms with Gasteiger partial charge in [-0.1, -0.05) is 19.2 Å². The average molecular weight is 141 g/mol. The Labute approximate surface area is 62.8 Å². The second-order valence-electron chi connectivity index (χ2n) is 2.38. The monoisotopic (exact) mass is 141 g/mol. The van der Waals surface area contributed by atoms with Crippen molar-refractivity contribution in [2.45, 2.75) is 0 Å². The van der Waals surface area contributed by atoms with Gasteiger partial charge in [0.1, 0.15) is 12.4 Å². The maximum absolute atomic E-state index is 5.15. The van der Waals surface area contributed by atoms with Gasteiger partial charge in [0, 0.05) is 0 Å². The number of nitrogens with zero attached hydrogens (tertiary/aromatic N) is 1. The molecule has 0 saturated heterocycles. The summed E-state index contributed by atoms with van der Waals surface area (Å²) in [5.41, 5.74) is 0. The van der Waals surface area contributed by atoms with Gasteiger partial charge in [-0.05, 0) is 14.1 Å². The SMILES string of the molecule is C=CCOC(=C)CN(C)C. The van der Waals surface area contributed by atoms with Crippen LogP contribution in [0.4, 0.5) is 0 Å². The van der Waals surface area contributed by atoms with E-state index in [1.54, 1.807) is 6.08 Å². The van der Waals surface area contributed by atoms with Gasteiger partial charge in [-0.3, -0.25) is 0 Å². The number of hydrogen-bond acceptors (Lipinski definition) is 2. The molecule has 0 unspecified atom stereocenters. The highest BCUT2D eigenvalue weighted by Gasteiger charge is 1.93. The van der Waals surface area contributed by atoms with Gasteiger partial charge in [-0.2, -0.15) is 0 Å². The van der Waals surface area contributed by atoms with Crippen molar-refractivity contribution < 1.29 is 4.74 Å². The van der Waals surface area contributed by atoms with Crippen molar-refractivity contribution in [3.05, 3.63) is 25.0 Å². The Morgan fingerprint density at radius 2 is 2.20 bits per heavy atom. The van der Waals surface area contributed by atoms with E-state index in [1.165, 1.54) is 0 Å². The molecule has 2 heteroatoms. The molecular weight excluding hydrogens is 126 g/mol. The van der Waals surface area contributed by atoms with Crippen LogP contribution in [0, 0.1) is 0 Å². The highest BCUT2D eigenvalue weighted by atomic mass is 16.5. The maximum Gasteiger partial charge on any atom is 0.106 e. The zero-order valence-corrected chi connectivity index (χ0v) is 6.76. The second kappa shape index (κ2) is 5.06. The first-order valence-corrected chi connectivity index (χ1v) is 3.23. The molecule has 0 N–H and O–H groups in total. The fourth-order valence-electron chi connectivity index (χ4n) is 0.575. The van der Waals surface area contributed by atoms with Crippen LogP contribution < -0.4 is 0 Å². The molecular formula is C8H15NO. The first kappa shape index (κ1) is 9.24. The predicted octanol–water partition coefficient (Wildman–Crippen LogP) is 1.26. The Balaban J connectivity index is 3.34. The first-order chi connectivity index (χ1) is 4.66. The van der Waals surface area contributed by atoms with Crippen LogP contribution in [0.2, 0.25) is 0 Å². The van der Waals surface area contributed by atoms with E-state index in [0.29, 0.717) is 6.61 Å². The minimum absolute atomic E-state index is 0.548. The van der Waals surface area contributed by atoms with E-state index >= 15 is 0 Å². The Bertz CT molecular complexity index is 118. The normalized spacial score (nSPS) is 9.50. The molecule has 0 heterocycles. The number of likely N-dealkylation sites (N-methyl/N-ethyl adjacent to an activating group) is 1. The number of ether oxygens (including phenoxy) is 1. The van der Waals surface area contributed by atoms with Crippen LogP contribution >= 0.6 is 0 Å². The van der Waals surface area contributed by atoms with E-state index in [4.69, 9.17) is 4.74 Å². The highest BCUT2D eigenvalue weighted by Crippen LogP contribution is 1.93. The predicted molar refractivity (Wildman–Crippen MR) is 43.8 cm³/mol. The topological polar surface area (TPSA) is 12.5 Å². The molecule has 0 atom stereocenters.